The summed E-state index contributed by atoms with van der Waals surface area (Å²) in [7, 11) is 0. The minimum absolute atomic E-state index is 0.118. The lowest BCUT2D eigenvalue weighted by atomic mass is 10.00. The summed E-state index contributed by atoms with van der Waals surface area (Å²) in [6, 6.07) is -1.72. The van der Waals surface area contributed by atoms with E-state index in [1.165, 1.54) is 6.08 Å². The number of hydrogen-bond donors (Lipinski definition) is 3. The molecule has 118 valence electrons. The summed E-state index contributed by atoms with van der Waals surface area (Å²) in [6.45, 7) is 0.568. The topological polar surface area (TPSA) is 130 Å². The van der Waals surface area contributed by atoms with E-state index in [0.717, 1.165) is 6.42 Å². The molecule has 0 amide bonds. The van der Waals surface area contributed by atoms with Gasteiger partial charge >= 0.3 is 11.9 Å². The summed E-state index contributed by atoms with van der Waals surface area (Å²) in [5.41, 5.74) is 0.309. The van der Waals surface area contributed by atoms with Crippen molar-refractivity contribution in [2.45, 2.75) is 31.3 Å². The number of nitrogens with zero attached hydrogens (tertiary/aromatic N) is 1. The minimum Gasteiger partial charge on any atom is -0.543 e. The summed E-state index contributed by atoms with van der Waals surface area (Å²) in [6.07, 6.45) is 5.81. The van der Waals surface area contributed by atoms with Gasteiger partial charge in [-0.05, 0) is 11.6 Å². The Morgan fingerprint density at radius 1 is 1.36 bits per heavy atom. The van der Waals surface area contributed by atoms with Crippen LogP contribution in [0.4, 0.5) is 0 Å². The van der Waals surface area contributed by atoms with Crippen LogP contribution in [0.5, 0.6) is 0 Å². The number of hydrogen-bond acceptors (Lipinski definition) is 5. The van der Waals surface area contributed by atoms with Crippen molar-refractivity contribution in [3.63, 3.8) is 0 Å². The Hall–Kier alpha value is -2.64. The van der Waals surface area contributed by atoms with Crippen LogP contribution in [0.25, 0.3) is 0 Å². The molecule has 2 aliphatic heterocycles. The molecule has 0 radical (unpaired) electrons. The van der Waals surface area contributed by atoms with Gasteiger partial charge in [-0.15, -0.1) is 0 Å². The SMILES string of the molecule is O=C(O)C1=C/C(=C/C=[N+]2\CCC[C@H]2C(=O)[O-])C[C@@H](C(=O)O)N1. The Bertz CT molecular complexity index is 604. The maximum atomic E-state index is 11.1. The third-order valence-corrected chi connectivity index (χ3v) is 3.67. The number of carboxylic acid groups (broad SMARTS) is 3. The fourth-order valence-electron chi connectivity index (χ4n) is 2.56. The first-order valence-corrected chi connectivity index (χ1v) is 6.83. The molecule has 2 aliphatic rings. The summed E-state index contributed by atoms with van der Waals surface area (Å²) < 4.78 is 1.61. The van der Waals surface area contributed by atoms with Crippen molar-refractivity contribution in [2.75, 3.05) is 6.54 Å². The van der Waals surface area contributed by atoms with Crippen molar-refractivity contribution in [2.24, 2.45) is 0 Å². The van der Waals surface area contributed by atoms with Crippen LogP contribution < -0.4 is 10.4 Å². The van der Waals surface area contributed by atoms with Crippen LogP contribution in [0.2, 0.25) is 0 Å². The van der Waals surface area contributed by atoms with Crippen LogP contribution in [-0.4, -0.2) is 57.5 Å². The van der Waals surface area contributed by atoms with E-state index in [1.807, 2.05) is 0 Å². The molecule has 2 heterocycles. The van der Waals surface area contributed by atoms with Gasteiger partial charge in [0.25, 0.3) is 0 Å². The highest BCUT2D eigenvalue weighted by atomic mass is 16.4. The maximum absolute atomic E-state index is 11.1. The van der Waals surface area contributed by atoms with Crippen molar-refractivity contribution in [3.05, 3.63) is 23.4 Å². The monoisotopic (exact) mass is 308 g/mol. The van der Waals surface area contributed by atoms with Gasteiger partial charge in [-0.2, -0.15) is 0 Å². The summed E-state index contributed by atoms with van der Waals surface area (Å²) in [5, 5.41) is 31.4. The standard InChI is InChI=1S/C14H16N2O6/c17-12(18)9-6-8(7-10(15-9)13(19)20)3-5-16-4-1-2-11(16)14(21)22/h3,5-6,10-11H,1-2,4,7H2,(H3,17,18,19,20,21,22)/t10-,11-/m0/s1. The zero-order chi connectivity index (χ0) is 16.3. The highest BCUT2D eigenvalue weighted by Gasteiger charge is 2.29. The Labute approximate surface area is 126 Å². The molecule has 1 fully saturated rings. The number of rotatable bonds is 4. The van der Waals surface area contributed by atoms with Crippen LogP contribution in [-0.2, 0) is 14.4 Å². The van der Waals surface area contributed by atoms with Gasteiger partial charge in [0, 0.05) is 25.3 Å². The number of nitrogens with one attached hydrogen (secondary N) is 1. The number of carboxylic acids is 3. The lowest BCUT2D eigenvalue weighted by Crippen LogP contribution is -2.41. The predicted molar refractivity (Wildman–Crippen MR) is 72.2 cm³/mol. The van der Waals surface area contributed by atoms with Crippen molar-refractivity contribution in [1.29, 1.82) is 0 Å². The minimum atomic E-state index is -1.24. The first-order chi connectivity index (χ1) is 10.4. The van der Waals surface area contributed by atoms with E-state index in [-0.39, 0.29) is 12.1 Å². The van der Waals surface area contributed by atoms with Gasteiger partial charge in [-0.3, -0.25) is 0 Å². The smallest absolute Gasteiger partial charge is 0.351 e. The van der Waals surface area contributed by atoms with E-state index in [1.54, 1.807) is 16.9 Å². The largest absolute Gasteiger partial charge is 0.543 e. The highest BCUT2D eigenvalue weighted by Crippen LogP contribution is 2.17. The van der Waals surface area contributed by atoms with Crippen molar-refractivity contribution >= 4 is 24.1 Å². The second-order valence-electron chi connectivity index (χ2n) is 5.21. The zero-order valence-corrected chi connectivity index (χ0v) is 11.7. The Balaban J connectivity index is 2.25. The van der Waals surface area contributed by atoms with Crippen molar-refractivity contribution < 1.29 is 34.3 Å². The quantitative estimate of drug-likeness (QED) is 0.529. The van der Waals surface area contributed by atoms with Crippen LogP contribution in [0, 0.1) is 0 Å². The van der Waals surface area contributed by atoms with E-state index in [2.05, 4.69) is 5.32 Å². The van der Waals surface area contributed by atoms with E-state index >= 15 is 0 Å². The molecule has 2 atom stereocenters. The van der Waals surface area contributed by atoms with E-state index in [0.29, 0.717) is 18.5 Å². The maximum Gasteiger partial charge on any atom is 0.351 e. The molecule has 0 unspecified atom stereocenters. The number of aliphatic carboxylic acids is 3. The third-order valence-electron chi connectivity index (χ3n) is 3.67. The van der Waals surface area contributed by atoms with Gasteiger partial charge in [-0.1, -0.05) is 0 Å². The average Bonchev–Trinajstić information content (AvgIpc) is 2.93. The van der Waals surface area contributed by atoms with Crippen LogP contribution >= 0.6 is 0 Å². The molecule has 0 aromatic rings. The first-order valence-electron chi connectivity index (χ1n) is 6.83. The van der Waals surface area contributed by atoms with Crippen molar-refractivity contribution in [1.82, 2.24) is 5.32 Å². The molecule has 1 saturated heterocycles. The number of carbonyl (C=O) groups excluding carboxylic acids is 1. The fourth-order valence-corrected chi connectivity index (χ4v) is 2.56. The summed E-state index contributed by atoms with van der Waals surface area (Å²) >= 11 is 0. The lowest BCUT2D eigenvalue weighted by molar-refractivity contribution is -0.538. The second-order valence-corrected chi connectivity index (χ2v) is 5.21. The molecule has 0 aliphatic carbocycles. The van der Waals surface area contributed by atoms with E-state index < -0.39 is 30.0 Å². The highest BCUT2D eigenvalue weighted by molar-refractivity contribution is 5.89. The third kappa shape index (κ3) is 3.51. The molecule has 0 aromatic carbocycles. The molecule has 0 aromatic heterocycles. The first kappa shape index (κ1) is 15.7. The fraction of sp³-hybridized carbons (Fsp3) is 0.429. The molecule has 0 spiro atoms. The van der Waals surface area contributed by atoms with Crippen LogP contribution in [0.3, 0.4) is 0 Å². The van der Waals surface area contributed by atoms with Gasteiger partial charge in [-0.25, -0.2) is 14.2 Å². The average molecular weight is 308 g/mol. The van der Waals surface area contributed by atoms with Gasteiger partial charge in [0.05, 0.1) is 0 Å². The van der Waals surface area contributed by atoms with Crippen LogP contribution in [0.1, 0.15) is 19.3 Å². The zero-order valence-electron chi connectivity index (χ0n) is 11.7. The molecular weight excluding hydrogens is 292 g/mol. The van der Waals surface area contributed by atoms with Crippen molar-refractivity contribution in [3.8, 4) is 0 Å². The summed E-state index contributed by atoms with van der Waals surface area (Å²) in [5.74, 6) is -3.54. The number of allylic oxidation sites excluding steroid dienone is 2. The molecular formula is C14H16N2O6. The molecule has 2 rings (SSSR count). The van der Waals surface area contributed by atoms with Gasteiger partial charge < -0.3 is 25.4 Å². The molecule has 0 saturated carbocycles. The number of carbonyl (C=O) groups is 3. The van der Waals surface area contributed by atoms with E-state index in [9.17, 15) is 19.5 Å². The van der Waals surface area contributed by atoms with Gasteiger partial charge in [0.1, 0.15) is 24.3 Å². The predicted octanol–water partition coefficient (Wildman–Crippen LogP) is -1.68. The molecule has 3 N–H and O–H groups in total. The summed E-state index contributed by atoms with van der Waals surface area (Å²) in [4.78, 5) is 33.0. The Morgan fingerprint density at radius 2 is 2.09 bits per heavy atom. The van der Waals surface area contributed by atoms with Gasteiger partial charge in [0.2, 0.25) is 0 Å². The van der Waals surface area contributed by atoms with E-state index in [4.69, 9.17) is 10.2 Å². The normalized spacial score (nSPS) is 28.3. The lowest BCUT2D eigenvalue weighted by Gasteiger charge is -2.21. The van der Waals surface area contributed by atoms with Gasteiger partial charge in [0.15, 0.2) is 12.3 Å². The second kappa shape index (κ2) is 6.42. The molecule has 0 bridgehead atoms. The molecule has 22 heavy (non-hydrogen) atoms. The van der Waals surface area contributed by atoms with Crippen LogP contribution in [0.15, 0.2) is 23.4 Å². The Morgan fingerprint density at radius 3 is 2.68 bits per heavy atom. The molecule has 8 heteroatoms. The Kier molecular flexibility index (Phi) is 4.59. The molecule has 8 nitrogen and oxygen atoms in total.